The fraction of sp³-hybridized carbons (Fsp3) is 0.281. The minimum absolute atomic E-state index is 0.152. The third-order valence-corrected chi connectivity index (χ3v) is 7.10. The third-order valence-electron chi connectivity index (χ3n) is 7.10. The summed E-state index contributed by atoms with van der Waals surface area (Å²) in [6.45, 7) is 2.25. The molecular weight excluding hydrogens is 490 g/mol. The average molecular weight is 522 g/mol. The van der Waals surface area contributed by atoms with E-state index >= 15 is 0 Å². The van der Waals surface area contributed by atoms with Crippen molar-refractivity contribution in [2.45, 2.75) is 24.9 Å². The van der Waals surface area contributed by atoms with E-state index in [0.29, 0.717) is 45.7 Å². The monoisotopic (exact) mass is 521 g/mol. The lowest BCUT2D eigenvalue weighted by Gasteiger charge is -2.37. The number of ether oxygens (including phenoxy) is 1. The molecule has 1 fully saturated rings. The summed E-state index contributed by atoms with van der Waals surface area (Å²) in [4.78, 5) is 44.2. The zero-order valence-electron chi connectivity index (χ0n) is 21.7. The normalized spacial score (nSPS) is 17.3. The van der Waals surface area contributed by atoms with Gasteiger partial charge in [0.25, 0.3) is 5.91 Å². The van der Waals surface area contributed by atoms with Crippen molar-refractivity contribution < 1.29 is 19.1 Å². The lowest BCUT2D eigenvalue weighted by Crippen LogP contribution is -2.55. The van der Waals surface area contributed by atoms with Crippen LogP contribution in [0, 0.1) is 11.8 Å². The average Bonchev–Trinajstić information content (AvgIpc) is 3.00. The zero-order chi connectivity index (χ0) is 27.0. The van der Waals surface area contributed by atoms with Gasteiger partial charge < -0.3 is 19.9 Å². The molecule has 5 rings (SSSR count). The molecule has 2 atom stereocenters. The number of hydrogen-bond donors (Lipinski definition) is 1. The van der Waals surface area contributed by atoms with Crippen LogP contribution in [-0.2, 0) is 32.0 Å². The minimum Gasteiger partial charge on any atom is -0.378 e. The molecule has 0 bridgehead atoms. The van der Waals surface area contributed by atoms with E-state index in [-0.39, 0.29) is 11.8 Å². The second-order valence-electron chi connectivity index (χ2n) is 9.65. The highest BCUT2D eigenvalue weighted by Crippen LogP contribution is 2.30. The quantitative estimate of drug-likeness (QED) is 0.524. The van der Waals surface area contributed by atoms with E-state index in [9.17, 15) is 14.4 Å². The fourth-order valence-corrected chi connectivity index (χ4v) is 5.09. The molecule has 2 aliphatic rings. The van der Waals surface area contributed by atoms with E-state index in [1.54, 1.807) is 4.90 Å². The Balaban J connectivity index is 1.43. The van der Waals surface area contributed by atoms with E-state index in [2.05, 4.69) is 17.2 Å². The summed E-state index contributed by atoms with van der Waals surface area (Å²) in [5.41, 5.74) is 3.43. The molecule has 0 spiro atoms. The molecule has 3 aromatic carbocycles. The van der Waals surface area contributed by atoms with Crippen molar-refractivity contribution in [2.24, 2.45) is 0 Å². The molecule has 0 aliphatic carbocycles. The summed E-state index contributed by atoms with van der Waals surface area (Å²) in [6.07, 6.45) is 0.970. The van der Waals surface area contributed by atoms with E-state index in [4.69, 9.17) is 4.74 Å². The first-order chi connectivity index (χ1) is 19.1. The summed E-state index contributed by atoms with van der Waals surface area (Å²) in [6, 6.07) is 24.9. The Hall–Kier alpha value is -4.41. The molecule has 0 aromatic heterocycles. The van der Waals surface area contributed by atoms with Crippen molar-refractivity contribution in [3.63, 3.8) is 0 Å². The van der Waals surface area contributed by atoms with E-state index in [1.165, 1.54) is 4.90 Å². The second-order valence-corrected chi connectivity index (χ2v) is 9.65. The largest absolute Gasteiger partial charge is 0.378 e. The van der Waals surface area contributed by atoms with Crippen LogP contribution in [0.15, 0.2) is 84.9 Å². The van der Waals surface area contributed by atoms with E-state index in [1.807, 2.05) is 84.9 Å². The van der Waals surface area contributed by atoms with Gasteiger partial charge in [-0.3, -0.25) is 14.4 Å². The molecule has 7 heteroatoms. The minimum atomic E-state index is -0.886. The molecule has 0 saturated carbocycles. The van der Waals surface area contributed by atoms with Crippen molar-refractivity contribution in [3.8, 4) is 11.8 Å². The molecule has 3 aromatic rings. The number of morpholine rings is 1. The number of nitrogens with zero attached hydrogens (tertiary/aromatic N) is 2. The summed E-state index contributed by atoms with van der Waals surface area (Å²) in [5, 5.41) is 3.02. The smallest absolute Gasteiger partial charge is 0.299 e. The van der Waals surface area contributed by atoms with E-state index in [0.717, 1.165) is 22.3 Å². The van der Waals surface area contributed by atoms with Crippen LogP contribution >= 0.6 is 0 Å². The molecule has 7 nitrogen and oxygen atoms in total. The SMILES string of the molecule is O=C(N[C@@H](Cc1ccccc1)C(=O)N1CCOCC1)C1c2ccccc2CCN1C(=O)C#Cc1ccccc1. The zero-order valence-corrected chi connectivity index (χ0v) is 21.7. The molecular formula is C32H31N3O4. The van der Waals surface area contributed by atoms with Crippen LogP contribution in [0.25, 0.3) is 0 Å². The highest BCUT2D eigenvalue weighted by atomic mass is 16.5. The number of rotatable bonds is 5. The Morgan fingerprint density at radius 2 is 1.54 bits per heavy atom. The number of carbonyl (C=O) groups is 3. The van der Waals surface area contributed by atoms with Crippen molar-refractivity contribution in [1.82, 2.24) is 15.1 Å². The highest BCUT2D eigenvalue weighted by molar-refractivity contribution is 5.99. The third kappa shape index (κ3) is 6.36. The van der Waals surface area contributed by atoms with Crippen molar-refractivity contribution in [3.05, 3.63) is 107 Å². The van der Waals surface area contributed by atoms with Gasteiger partial charge in [0.15, 0.2) is 0 Å². The maximum absolute atomic E-state index is 14.0. The van der Waals surface area contributed by atoms with Gasteiger partial charge in [-0.05, 0) is 35.2 Å². The molecule has 1 saturated heterocycles. The first-order valence-electron chi connectivity index (χ1n) is 13.3. The Morgan fingerprint density at radius 1 is 0.872 bits per heavy atom. The van der Waals surface area contributed by atoms with Crippen LogP contribution in [0.5, 0.6) is 0 Å². The number of amides is 3. The maximum Gasteiger partial charge on any atom is 0.299 e. The van der Waals surface area contributed by atoms with Crippen LogP contribution in [0.4, 0.5) is 0 Å². The number of nitrogens with one attached hydrogen (secondary N) is 1. The van der Waals surface area contributed by atoms with Crippen LogP contribution < -0.4 is 5.32 Å². The van der Waals surface area contributed by atoms with Crippen molar-refractivity contribution in [2.75, 3.05) is 32.8 Å². The molecule has 0 radical (unpaired) electrons. The summed E-state index contributed by atoms with van der Waals surface area (Å²) in [7, 11) is 0. The Bertz CT molecular complexity index is 1370. The van der Waals surface area contributed by atoms with Crippen LogP contribution in [0.1, 0.15) is 28.3 Å². The number of carbonyl (C=O) groups excluding carboxylic acids is 3. The van der Waals surface area contributed by atoms with Gasteiger partial charge >= 0.3 is 0 Å². The Morgan fingerprint density at radius 3 is 2.28 bits per heavy atom. The molecule has 3 amide bonds. The predicted molar refractivity (Wildman–Crippen MR) is 147 cm³/mol. The molecule has 1 unspecified atom stereocenters. The van der Waals surface area contributed by atoms with Gasteiger partial charge in [0, 0.05) is 37.5 Å². The fourth-order valence-electron chi connectivity index (χ4n) is 5.09. The molecule has 1 N–H and O–H groups in total. The summed E-state index contributed by atoms with van der Waals surface area (Å²) < 4.78 is 5.42. The molecule has 2 heterocycles. The van der Waals surface area contributed by atoms with Crippen LogP contribution in [-0.4, -0.2) is 66.4 Å². The maximum atomic E-state index is 14.0. The lowest BCUT2D eigenvalue weighted by atomic mass is 9.91. The highest BCUT2D eigenvalue weighted by Gasteiger charge is 2.38. The number of fused-ring (bicyclic) bond motifs is 1. The topological polar surface area (TPSA) is 79.0 Å². The molecule has 2 aliphatic heterocycles. The number of hydrogen-bond acceptors (Lipinski definition) is 4. The molecule has 39 heavy (non-hydrogen) atoms. The van der Waals surface area contributed by atoms with Crippen molar-refractivity contribution >= 4 is 17.7 Å². The number of benzene rings is 3. The van der Waals surface area contributed by atoms with Gasteiger partial charge in [0.05, 0.1) is 13.2 Å². The second kappa shape index (κ2) is 12.4. The first kappa shape index (κ1) is 26.2. The van der Waals surface area contributed by atoms with Gasteiger partial charge in [0.2, 0.25) is 11.8 Å². The van der Waals surface area contributed by atoms with Gasteiger partial charge in [0.1, 0.15) is 12.1 Å². The standard InChI is InChI=1S/C32H31N3O4/c36-29(16-15-24-9-3-1-4-10-24)35-18-17-26-13-7-8-14-27(26)30(35)31(37)33-28(23-25-11-5-2-6-12-25)32(38)34-19-21-39-22-20-34/h1-14,28,30H,17-23H2,(H,33,37)/t28-,30?/m0/s1. The molecule has 198 valence electrons. The van der Waals surface area contributed by atoms with Crippen molar-refractivity contribution in [1.29, 1.82) is 0 Å². The van der Waals surface area contributed by atoms with Gasteiger partial charge in [-0.2, -0.15) is 0 Å². The Kier molecular flexibility index (Phi) is 8.35. The van der Waals surface area contributed by atoms with Crippen LogP contribution in [0.3, 0.4) is 0 Å². The van der Waals surface area contributed by atoms with Crippen LogP contribution in [0.2, 0.25) is 0 Å². The van der Waals surface area contributed by atoms with E-state index < -0.39 is 18.0 Å². The predicted octanol–water partition coefficient (Wildman–Crippen LogP) is 2.75. The summed E-state index contributed by atoms with van der Waals surface area (Å²) in [5.74, 6) is 4.67. The van der Waals surface area contributed by atoms with Gasteiger partial charge in [-0.25, -0.2) is 0 Å². The summed E-state index contributed by atoms with van der Waals surface area (Å²) >= 11 is 0. The van der Waals surface area contributed by atoms with Gasteiger partial charge in [-0.1, -0.05) is 78.7 Å². The lowest BCUT2D eigenvalue weighted by molar-refractivity contribution is -0.142. The Labute approximate surface area is 228 Å². The van der Waals surface area contributed by atoms with Gasteiger partial charge in [-0.15, -0.1) is 0 Å². The first-order valence-corrected chi connectivity index (χ1v) is 13.3.